The van der Waals surface area contributed by atoms with E-state index in [1.165, 1.54) is 23.4 Å². The number of esters is 1. The Hall–Kier alpha value is -1.87. The van der Waals surface area contributed by atoms with Gasteiger partial charge in [0.25, 0.3) is 0 Å². The molecule has 0 saturated carbocycles. The molecule has 0 spiro atoms. The lowest BCUT2D eigenvalue weighted by Crippen LogP contribution is -2.20. The van der Waals surface area contributed by atoms with Crippen LogP contribution in [0.4, 0.5) is 0 Å². The first-order valence-corrected chi connectivity index (χ1v) is 6.99. The predicted molar refractivity (Wildman–Crippen MR) is 81.6 cm³/mol. The van der Waals surface area contributed by atoms with Crippen molar-refractivity contribution in [1.29, 1.82) is 0 Å². The molecule has 3 nitrogen and oxygen atoms in total. The van der Waals surface area contributed by atoms with E-state index in [2.05, 4.69) is 59.4 Å². The summed E-state index contributed by atoms with van der Waals surface area (Å²) in [6.45, 7) is 2.95. The van der Waals surface area contributed by atoms with Crippen LogP contribution in [-0.4, -0.2) is 19.6 Å². The third kappa shape index (κ3) is 3.81. The summed E-state index contributed by atoms with van der Waals surface area (Å²) >= 11 is 0. The van der Waals surface area contributed by atoms with Gasteiger partial charge in [-0.15, -0.1) is 0 Å². The highest BCUT2D eigenvalue weighted by atomic mass is 16.5. The van der Waals surface area contributed by atoms with Gasteiger partial charge in [0, 0.05) is 12.5 Å². The Balaban J connectivity index is 1.90. The van der Waals surface area contributed by atoms with E-state index < -0.39 is 0 Å². The van der Waals surface area contributed by atoms with Crippen molar-refractivity contribution in [3.8, 4) is 0 Å². The van der Waals surface area contributed by atoms with Crippen LogP contribution in [0.1, 0.15) is 31.4 Å². The first kappa shape index (κ1) is 14.5. The van der Waals surface area contributed by atoms with Crippen LogP contribution < -0.4 is 5.32 Å². The lowest BCUT2D eigenvalue weighted by Gasteiger charge is -2.14. The molecule has 0 radical (unpaired) electrons. The lowest BCUT2D eigenvalue weighted by atomic mass is 10.0. The fourth-order valence-electron chi connectivity index (χ4n) is 2.25. The fraction of sp³-hybridized carbons (Fsp3) is 0.353. The summed E-state index contributed by atoms with van der Waals surface area (Å²) in [6, 6.07) is 15.1. The average molecular weight is 271 g/mol. The highest BCUT2D eigenvalue weighted by Gasteiger charge is 2.06. The third-order valence-corrected chi connectivity index (χ3v) is 3.51. The molecule has 0 bridgehead atoms. The minimum absolute atomic E-state index is 0.148. The second kappa shape index (κ2) is 7.06. The summed E-state index contributed by atoms with van der Waals surface area (Å²) in [5.74, 6) is -0.148. The Bertz CT molecular complexity index is 580. The average Bonchev–Trinajstić information content (AvgIpc) is 2.50. The van der Waals surface area contributed by atoms with Gasteiger partial charge in [-0.25, -0.2) is 0 Å². The largest absolute Gasteiger partial charge is 0.469 e. The van der Waals surface area contributed by atoms with Gasteiger partial charge in [0.1, 0.15) is 0 Å². The highest BCUT2D eigenvalue weighted by Crippen LogP contribution is 2.20. The standard InChI is InChI=1S/C17H21NO2/c1-13(18-11-5-8-17(19)20-2)15-10-9-14-6-3-4-7-16(14)12-15/h3-4,6-7,9-10,12-13,18H,5,8,11H2,1-2H3. The van der Waals surface area contributed by atoms with E-state index in [9.17, 15) is 4.79 Å². The summed E-state index contributed by atoms with van der Waals surface area (Å²) in [6.07, 6.45) is 1.26. The highest BCUT2D eigenvalue weighted by molar-refractivity contribution is 5.83. The van der Waals surface area contributed by atoms with Gasteiger partial charge in [-0.2, -0.15) is 0 Å². The van der Waals surface area contributed by atoms with E-state index in [1.807, 2.05) is 0 Å². The molecule has 0 amide bonds. The van der Waals surface area contributed by atoms with E-state index in [4.69, 9.17) is 0 Å². The molecular formula is C17H21NO2. The van der Waals surface area contributed by atoms with E-state index in [0.29, 0.717) is 6.42 Å². The number of fused-ring (bicyclic) bond motifs is 1. The van der Waals surface area contributed by atoms with Gasteiger partial charge in [-0.1, -0.05) is 36.4 Å². The number of nitrogens with one attached hydrogen (secondary N) is 1. The number of methoxy groups -OCH3 is 1. The number of rotatable bonds is 6. The molecule has 1 unspecified atom stereocenters. The van der Waals surface area contributed by atoms with Crippen LogP contribution >= 0.6 is 0 Å². The predicted octanol–water partition coefficient (Wildman–Crippen LogP) is 3.44. The Morgan fingerprint density at radius 3 is 2.70 bits per heavy atom. The number of hydrogen-bond acceptors (Lipinski definition) is 3. The molecule has 3 heteroatoms. The van der Waals surface area contributed by atoms with Crippen LogP contribution in [0.15, 0.2) is 42.5 Å². The van der Waals surface area contributed by atoms with E-state index in [1.54, 1.807) is 0 Å². The molecule has 0 aromatic heterocycles. The van der Waals surface area contributed by atoms with Crippen LogP contribution in [0, 0.1) is 0 Å². The number of carbonyl (C=O) groups excluding carboxylic acids is 1. The SMILES string of the molecule is COC(=O)CCCNC(C)c1ccc2ccccc2c1. The molecule has 0 fully saturated rings. The molecule has 1 atom stereocenters. The molecule has 0 aliphatic carbocycles. The molecule has 0 heterocycles. The lowest BCUT2D eigenvalue weighted by molar-refractivity contribution is -0.140. The minimum Gasteiger partial charge on any atom is -0.469 e. The summed E-state index contributed by atoms with van der Waals surface area (Å²) in [5.41, 5.74) is 1.27. The van der Waals surface area contributed by atoms with Gasteiger partial charge in [-0.3, -0.25) is 4.79 Å². The monoisotopic (exact) mass is 271 g/mol. The molecule has 2 aromatic carbocycles. The van der Waals surface area contributed by atoms with Crippen molar-refractivity contribution in [3.63, 3.8) is 0 Å². The smallest absolute Gasteiger partial charge is 0.305 e. The van der Waals surface area contributed by atoms with Crippen LogP contribution in [0.5, 0.6) is 0 Å². The zero-order valence-corrected chi connectivity index (χ0v) is 12.1. The Morgan fingerprint density at radius 2 is 1.95 bits per heavy atom. The number of hydrogen-bond donors (Lipinski definition) is 1. The van der Waals surface area contributed by atoms with Gasteiger partial charge in [-0.05, 0) is 42.3 Å². The Morgan fingerprint density at radius 1 is 1.20 bits per heavy atom. The maximum absolute atomic E-state index is 11.0. The van der Waals surface area contributed by atoms with E-state index in [-0.39, 0.29) is 12.0 Å². The Kier molecular flexibility index (Phi) is 5.13. The normalized spacial score (nSPS) is 12.3. The summed E-state index contributed by atoms with van der Waals surface area (Å²) in [5, 5.41) is 5.95. The van der Waals surface area contributed by atoms with Crippen LogP contribution in [-0.2, 0) is 9.53 Å². The first-order chi connectivity index (χ1) is 9.70. The van der Waals surface area contributed by atoms with Crippen molar-refractivity contribution in [3.05, 3.63) is 48.0 Å². The second-order valence-electron chi connectivity index (χ2n) is 4.96. The molecule has 1 N–H and O–H groups in total. The quantitative estimate of drug-likeness (QED) is 0.646. The van der Waals surface area contributed by atoms with Crippen molar-refractivity contribution in [1.82, 2.24) is 5.32 Å². The molecular weight excluding hydrogens is 250 g/mol. The number of ether oxygens (including phenoxy) is 1. The molecule has 0 aliphatic rings. The Labute approximate surface area is 119 Å². The fourth-order valence-corrected chi connectivity index (χ4v) is 2.25. The molecule has 20 heavy (non-hydrogen) atoms. The molecule has 0 saturated heterocycles. The van der Waals surface area contributed by atoms with Crippen molar-refractivity contribution in [2.75, 3.05) is 13.7 Å². The van der Waals surface area contributed by atoms with Gasteiger partial charge in [0.15, 0.2) is 0 Å². The van der Waals surface area contributed by atoms with Crippen molar-refractivity contribution >= 4 is 16.7 Å². The van der Waals surface area contributed by atoms with Gasteiger partial charge >= 0.3 is 5.97 Å². The zero-order valence-electron chi connectivity index (χ0n) is 12.1. The number of carbonyl (C=O) groups is 1. The summed E-state index contributed by atoms with van der Waals surface area (Å²) in [7, 11) is 1.42. The van der Waals surface area contributed by atoms with E-state index in [0.717, 1.165) is 13.0 Å². The molecule has 0 aliphatic heterocycles. The topological polar surface area (TPSA) is 38.3 Å². The second-order valence-corrected chi connectivity index (χ2v) is 4.96. The zero-order chi connectivity index (χ0) is 14.4. The number of benzene rings is 2. The molecule has 2 rings (SSSR count). The third-order valence-electron chi connectivity index (χ3n) is 3.51. The van der Waals surface area contributed by atoms with Gasteiger partial charge in [0.05, 0.1) is 7.11 Å². The van der Waals surface area contributed by atoms with Crippen LogP contribution in [0.2, 0.25) is 0 Å². The van der Waals surface area contributed by atoms with Crippen LogP contribution in [0.25, 0.3) is 10.8 Å². The minimum atomic E-state index is -0.148. The van der Waals surface area contributed by atoms with Crippen molar-refractivity contribution in [2.45, 2.75) is 25.8 Å². The van der Waals surface area contributed by atoms with Crippen molar-refractivity contribution < 1.29 is 9.53 Å². The maximum Gasteiger partial charge on any atom is 0.305 e. The summed E-state index contributed by atoms with van der Waals surface area (Å²) < 4.78 is 4.62. The van der Waals surface area contributed by atoms with E-state index >= 15 is 0 Å². The molecule has 106 valence electrons. The van der Waals surface area contributed by atoms with Crippen LogP contribution in [0.3, 0.4) is 0 Å². The van der Waals surface area contributed by atoms with Gasteiger partial charge in [0.2, 0.25) is 0 Å². The maximum atomic E-state index is 11.0. The molecule has 2 aromatic rings. The van der Waals surface area contributed by atoms with Gasteiger partial charge < -0.3 is 10.1 Å². The van der Waals surface area contributed by atoms with Crippen molar-refractivity contribution in [2.24, 2.45) is 0 Å². The first-order valence-electron chi connectivity index (χ1n) is 6.99. The summed E-state index contributed by atoms with van der Waals surface area (Å²) in [4.78, 5) is 11.0.